The summed E-state index contributed by atoms with van der Waals surface area (Å²) in [4.78, 5) is 12.8. The number of phenols is 1. The molecule has 0 saturated carbocycles. The fourth-order valence-electron chi connectivity index (χ4n) is 2.48. The first-order valence-electron chi connectivity index (χ1n) is 7.22. The van der Waals surface area contributed by atoms with Gasteiger partial charge in [-0.1, -0.05) is 42.0 Å². The molecule has 0 radical (unpaired) electrons. The highest BCUT2D eigenvalue weighted by molar-refractivity contribution is 7.80. The number of aryl methyl sites for hydroxylation is 1. The highest BCUT2D eigenvalue weighted by Gasteiger charge is 2.27. The minimum absolute atomic E-state index is 0.0643. The molecule has 0 amide bonds. The van der Waals surface area contributed by atoms with Crippen molar-refractivity contribution in [3.63, 3.8) is 0 Å². The largest absolute Gasteiger partial charge is 0.508 e. The van der Waals surface area contributed by atoms with E-state index in [2.05, 4.69) is 10.6 Å². The van der Waals surface area contributed by atoms with E-state index in [-0.39, 0.29) is 17.6 Å². The third-order valence-electron chi connectivity index (χ3n) is 3.75. The second kappa shape index (κ2) is 6.22. The first-order valence-corrected chi connectivity index (χ1v) is 7.63. The Morgan fingerprint density at radius 2 is 1.74 bits per heavy atom. The fraction of sp³-hybridized carbons (Fsp3) is 0.111. The number of Topliss-reactive ketones (excluding diaryl/α,β-unsaturated/α-hetero) is 1. The molecule has 1 atom stereocenters. The van der Waals surface area contributed by atoms with Crippen molar-refractivity contribution in [2.24, 2.45) is 0 Å². The van der Waals surface area contributed by atoms with Gasteiger partial charge < -0.3 is 15.7 Å². The summed E-state index contributed by atoms with van der Waals surface area (Å²) >= 11 is 5.15. The maximum Gasteiger partial charge on any atom is 0.192 e. The number of carbonyl (C=O) groups is 1. The van der Waals surface area contributed by atoms with Crippen LogP contribution in [0.4, 0.5) is 0 Å². The lowest BCUT2D eigenvalue weighted by molar-refractivity contribution is 0.102. The van der Waals surface area contributed by atoms with Crippen LogP contribution in [0.3, 0.4) is 0 Å². The van der Waals surface area contributed by atoms with Crippen LogP contribution in [0, 0.1) is 6.92 Å². The van der Waals surface area contributed by atoms with Gasteiger partial charge in [-0.3, -0.25) is 4.79 Å². The van der Waals surface area contributed by atoms with Crippen LogP contribution in [-0.4, -0.2) is 16.0 Å². The van der Waals surface area contributed by atoms with Crippen LogP contribution in [0.15, 0.2) is 60.3 Å². The monoisotopic (exact) mass is 324 g/mol. The molecular weight excluding hydrogens is 308 g/mol. The summed E-state index contributed by atoms with van der Waals surface area (Å²) in [6.07, 6.45) is 1.65. The van der Waals surface area contributed by atoms with Gasteiger partial charge in [0.05, 0.1) is 6.04 Å². The highest BCUT2D eigenvalue weighted by Crippen LogP contribution is 2.27. The standard InChI is InChI=1S/C18H16N2O2S/c1-11-2-4-13(5-3-11)17(22)15-10-19-18(23)20-16(15)12-6-8-14(21)9-7-12/h2-10,16,21H,1H3,(H2,19,20,23). The van der Waals surface area contributed by atoms with Crippen LogP contribution in [0.2, 0.25) is 0 Å². The van der Waals surface area contributed by atoms with Gasteiger partial charge in [0.15, 0.2) is 10.9 Å². The smallest absolute Gasteiger partial charge is 0.192 e. The number of carbonyl (C=O) groups excluding carboxylic acids is 1. The number of phenolic OH excluding ortho intramolecular Hbond substituents is 1. The second-order valence-corrected chi connectivity index (χ2v) is 5.85. The lowest BCUT2D eigenvalue weighted by Crippen LogP contribution is -2.42. The Balaban J connectivity index is 1.97. The van der Waals surface area contributed by atoms with Gasteiger partial charge in [0, 0.05) is 17.3 Å². The molecule has 3 rings (SSSR count). The van der Waals surface area contributed by atoms with Gasteiger partial charge in [0.25, 0.3) is 0 Å². The van der Waals surface area contributed by atoms with E-state index in [1.165, 1.54) is 0 Å². The molecule has 1 aliphatic heterocycles. The maximum absolute atomic E-state index is 12.8. The normalized spacial score (nSPS) is 17.0. The molecule has 0 saturated heterocycles. The van der Waals surface area contributed by atoms with Crippen LogP contribution >= 0.6 is 12.2 Å². The molecule has 0 aliphatic carbocycles. The molecular formula is C18H16N2O2S. The van der Waals surface area contributed by atoms with E-state index in [0.717, 1.165) is 11.1 Å². The molecule has 0 aromatic heterocycles. The zero-order chi connectivity index (χ0) is 16.4. The van der Waals surface area contributed by atoms with E-state index in [9.17, 15) is 9.90 Å². The Hall–Kier alpha value is -2.66. The van der Waals surface area contributed by atoms with Gasteiger partial charge in [-0.15, -0.1) is 0 Å². The second-order valence-electron chi connectivity index (χ2n) is 5.44. The van der Waals surface area contributed by atoms with Gasteiger partial charge in [-0.05, 0) is 36.8 Å². The zero-order valence-corrected chi connectivity index (χ0v) is 13.4. The van der Waals surface area contributed by atoms with Gasteiger partial charge in [-0.2, -0.15) is 0 Å². The van der Waals surface area contributed by atoms with Crippen molar-refractivity contribution in [2.75, 3.05) is 0 Å². The summed E-state index contributed by atoms with van der Waals surface area (Å²) in [6, 6.07) is 13.9. The van der Waals surface area contributed by atoms with E-state index in [1.807, 2.05) is 31.2 Å². The minimum Gasteiger partial charge on any atom is -0.508 e. The van der Waals surface area contributed by atoms with Crippen LogP contribution in [0.1, 0.15) is 27.5 Å². The zero-order valence-electron chi connectivity index (χ0n) is 12.5. The molecule has 116 valence electrons. The third kappa shape index (κ3) is 3.24. The van der Waals surface area contributed by atoms with Crippen LogP contribution in [0.25, 0.3) is 0 Å². The molecule has 0 bridgehead atoms. The predicted molar refractivity (Wildman–Crippen MR) is 93.3 cm³/mol. The molecule has 1 unspecified atom stereocenters. The van der Waals surface area contributed by atoms with Crippen molar-refractivity contribution in [2.45, 2.75) is 13.0 Å². The van der Waals surface area contributed by atoms with Crippen molar-refractivity contribution < 1.29 is 9.90 Å². The van der Waals surface area contributed by atoms with Crippen molar-refractivity contribution in [1.29, 1.82) is 0 Å². The summed E-state index contributed by atoms with van der Waals surface area (Å²) in [7, 11) is 0. The first kappa shape index (κ1) is 15.2. The van der Waals surface area contributed by atoms with Crippen molar-refractivity contribution in [1.82, 2.24) is 10.6 Å². The number of thiocarbonyl (C=S) groups is 1. The Morgan fingerprint density at radius 1 is 1.09 bits per heavy atom. The molecule has 0 fully saturated rings. The Kier molecular flexibility index (Phi) is 4.12. The highest BCUT2D eigenvalue weighted by atomic mass is 32.1. The summed E-state index contributed by atoms with van der Waals surface area (Å²) in [5.41, 5.74) is 3.17. The molecule has 2 aromatic rings. The van der Waals surface area contributed by atoms with Crippen LogP contribution < -0.4 is 10.6 Å². The van der Waals surface area contributed by atoms with E-state index in [4.69, 9.17) is 12.2 Å². The van der Waals surface area contributed by atoms with Gasteiger partial charge in [0.1, 0.15) is 5.75 Å². The van der Waals surface area contributed by atoms with Gasteiger partial charge in [-0.25, -0.2) is 0 Å². The lowest BCUT2D eigenvalue weighted by atomic mass is 9.92. The third-order valence-corrected chi connectivity index (χ3v) is 3.98. The quantitative estimate of drug-likeness (QED) is 0.598. The number of benzene rings is 2. The number of hydrogen-bond acceptors (Lipinski definition) is 3. The molecule has 5 heteroatoms. The van der Waals surface area contributed by atoms with E-state index in [1.54, 1.807) is 30.5 Å². The average Bonchev–Trinajstić information content (AvgIpc) is 2.55. The van der Waals surface area contributed by atoms with E-state index in [0.29, 0.717) is 16.2 Å². The molecule has 1 aliphatic rings. The van der Waals surface area contributed by atoms with Crippen molar-refractivity contribution >= 4 is 23.1 Å². The number of aromatic hydroxyl groups is 1. The molecule has 1 heterocycles. The Bertz CT molecular complexity index is 780. The van der Waals surface area contributed by atoms with Crippen LogP contribution in [0.5, 0.6) is 5.75 Å². The van der Waals surface area contributed by atoms with Crippen molar-refractivity contribution in [3.8, 4) is 5.75 Å². The lowest BCUT2D eigenvalue weighted by Gasteiger charge is -2.27. The van der Waals surface area contributed by atoms with Gasteiger partial charge in [0.2, 0.25) is 0 Å². The fourth-order valence-corrected chi connectivity index (χ4v) is 2.65. The first-order chi connectivity index (χ1) is 11.0. The molecule has 0 spiro atoms. The molecule has 4 nitrogen and oxygen atoms in total. The minimum atomic E-state index is -0.349. The van der Waals surface area contributed by atoms with Crippen LogP contribution in [-0.2, 0) is 0 Å². The molecule has 2 aromatic carbocycles. The average molecular weight is 324 g/mol. The summed E-state index contributed by atoms with van der Waals surface area (Å²) in [6.45, 7) is 1.98. The number of hydrogen-bond donors (Lipinski definition) is 3. The SMILES string of the molecule is Cc1ccc(C(=O)C2=CNC(=S)NC2c2ccc(O)cc2)cc1. The van der Waals surface area contributed by atoms with Crippen molar-refractivity contribution in [3.05, 3.63) is 77.0 Å². The number of ketones is 1. The number of nitrogens with one attached hydrogen (secondary N) is 2. The van der Waals surface area contributed by atoms with Gasteiger partial charge >= 0.3 is 0 Å². The summed E-state index contributed by atoms with van der Waals surface area (Å²) < 4.78 is 0. The maximum atomic E-state index is 12.8. The Morgan fingerprint density at radius 3 is 2.39 bits per heavy atom. The summed E-state index contributed by atoms with van der Waals surface area (Å²) in [5.74, 6) is 0.117. The topological polar surface area (TPSA) is 61.4 Å². The molecule has 3 N–H and O–H groups in total. The Labute approximate surface area is 139 Å². The molecule has 23 heavy (non-hydrogen) atoms. The van der Waals surface area contributed by atoms with E-state index < -0.39 is 0 Å². The summed E-state index contributed by atoms with van der Waals surface area (Å²) in [5, 5.41) is 15.9. The number of rotatable bonds is 3. The predicted octanol–water partition coefficient (Wildman–Crippen LogP) is 2.99. The van der Waals surface area contributed by atoms with E-state index >= 15 is 0 Å².